The highest BCUT2D eigenvalue weighted by molar-refractivity contribution is 5.07. The SMILES string of the molecule is CCCCCCCCCCCCCCCCCCCc1cc[n+](CCCCCCCCCCCCCCCC)cc1. The summed E-state index contributed by atoms with van der Waals surface area (Å²) in [6.07, 6.45) is 50.7. The summed E-state index contributed by atoms with van der Waals surface area (Å²) in [5, 5.41) is 0. The van der Waals surface area contributed by atoms with Gasteiger partial charge in [0.05, 0.1) is 0 Å². The number of unbranched alkanes of at least 4 members (excludes halogenated alkanes) is 29. The third-order valence-corrected chi connectivity index (χ3v) is 9.30. The van der Waals surface area contributed by atoms with Crippen LogP contribution in [0.15, 0.2) is 24.5 Å². The maximum atomic E-state index is 2.40. The molecule has 0 aliphatic heterocycles. The molecule has 1 aromatic rings. The van der Waals surface area contributed by atoms with Crippen LogP contribution in [0.4, 0.5) is 0 Å². The van der Waals surface area contributed by atoms with Crippen molar-refractivity contribution in [1.29, 1.82) is 0 Å². The van der Waals surface area contributed by atoms with Crippen LogP contribution in [0.5, 0.6) is 0 Å². The second kappa shape index (κ2) is 32.1. The summed E-state index contributed by atoms with van der Waals surface area (Å²) in [4.78, 5) is 0. The molecule has 0 atom stereocenters. The Bertz CT molecular complexity index is 606. The van der Waals surface area contributed by atoms with Crippen molar-refractivity contribution in [3.8, 4) is 0 Å². The second-order valence-electron chi connectivity index (χ2n) is 13.4. The van der Waals surface area contributed by atoms with E-state index in [9.17, 15) is 0 Å². The normalized spacial score (nSPS) is 11.5. The summed E-state index contributed by atoms with van der Waals surface area (Å²) in [5.74, 6) is 0. The molecule has 0 N–H and O–H groups in total. The third kappa shape index (κ3) is 27.7. The van der Waals surface area contributed by atoms with Crippen LogP contribution in [-0.2, 0) is 13.0 Å². The molecule has 1 rings (SSSR count). The molecule has 0 spiro atoms. The first-order valence-corrected chi connectivity index (χ1v) is 19.3. The summed E-state index contributed by atoms with van der Waals surface area (Å²) in [5.41, 5.74) is 1.53. The molecule has 1 nitrogen and oxygen atoms in total. The highest BCUT2D eigenvalue weighted by Crippen LogP contribution is 2.15. The summed E-state index contributed by atoms with van der Waals surface area (Å²) in [7, 11) is 0. The van der Waals surface area contributed by atoms with E-state index in [1.807, 2.05) is 0 Å². The third-order valence-electron chi connectivity index (χ3n) is 9.30. The van der Waals surface area contributed by atoms with Gasteiger partial charge < -0.3 is 0 Å². The van der Waals surface area contributed by atoms with E-state index in [0.29, 0.717) is 0 Å². The molecule has 0 saturated heterocycles. The fourth-order valence-corrected chi connectivity index (χ4v) is 6.35. The minimum Gasteiger partial charge on any atom is -0.205 e. The van der Waals surface area contributed by atoms with Gasteiger partial charge in [-0.2, -0.15) is 0 Å². The zero-order valence-corrected chi connectivity index (χ0v) is 28.6. The Labute approximate surface area is 260 Å². The minimum absolute atomic E-state index is 1.19. The van der Waals surface area contributed by atoms with E-state index in [1.165, 1.54) is 218 Å². The Balaban J connectivity index is 1.81. The standard InChI is InChI=1S/C40H76N/c1-3-5-7-9-11-13-15-17-19-20-21-22-24-26-28-30-32-34-40-35-38-41(39-36-40)37-33-31-29-27-25-23-18-16-14-12-10-8-6-4-2/h35-36,38-39H,3-34,37H2,1-2H3/q+1. The van der Waals surface area contributed by atoms with Crippen LogP contribution in [0, 0.1) is 0 Å². The van der Waals surface area contributed by atoms with Crippen molar-refractivity contribution in [2.75, 3.05) is 0 Å². The molecule has 1 aromatic heterocycles. The molecule has 0 fully saturated rings. The van der Waals surface area contributed by atoms with Gasteiger partial charge in [-0.15, -0.1) is 0 Å². The molecule has 41 heavy (non-hydrogen) atoms. The molecular weight excluding hydrogens is 494 g/mol. The topological polar surface area (TPSA) is 3.88 Å². The molecule has 240 valence electrons. The Kier molecular flexibility index (Phi) is 29.9. The maximum absolute atomic E-state index is 2.40. The molecular formula is C40H76N+. The van der Waals surface area contributed by atoms with Crippen molar-refractivity contribution in [3.63, 3.8) is 0 Å². The minimum atomic E-state index is 1.19. The van der Waals surface area contributed by atoms with Gasteiger partial charge in [-0.1, -0.05) is 194 Å². The fraction of sp³-hybridized carbons (Fsp3) is 0.875. The van der Waals surface area contributed by atoms with E-state index in [1.54, 1.807) is 0 Å². The molecule has 0 saturated carbocycles. The first-order chi connectivity index (χ1) is 20.4. The lowest BCUT2D eigenvalue weighted by molar-refractivity contribution is -0.697. The molecule has 0 amide bonds. The lowest BCUT2D eigenvalue weighted by Gasteiger charge is -2.04. The Hall–Kier alpha value is -0.850. The van der Waals surface area contributed by atoms with E-state index >= 15 is 0 Å². The number of aromatic nitrogens is 1. The summed E-state index contributed by atoms with van der Waals surface area (Å²) < 4.78 is 2.40. The Morgan fingerprint density at radius 3 is 0.927 bits per heavy atom. The van der Waals surface area contributed by atoms with Gasteiger partial charge >= 0.3 is 0 Å². The van der Waals surface area contributed by atoms with Gasteiger partial charge in [0, 0.05) is 18.6 Å². The van der Waals surface area contributed by atoms with E-state index < -0.39 is 0 Å². The Morgan fingerprint density at radius 2 is 0.610 bits per heavy atom. The van der Waals surface area contributed by atoms with E-state index in [-0.39, 0.29) is 0 Å². The first kappa shape index (κ1) is 38.2. The molecule has 0 radical (unpaired) electrons. The van der Waals surface area contributed by atoms with Crippen LogP contribution < -0.4 is 4.57 Å². The van der Waals surface area contributed by atoms with Crippen LogP contribution in [0.1, 0.15) is 218 Å². The monoisotopic (exact) mass is 571 g/mol. The van der Waals surface area contributed by atoms with Gasteiger partial charge in [0.15, 0.2) is 12.4 Å². The van der Waals surface area contributed by atoms with Crippen LogP contribution in [-0.4, -0.2) is 0 Å². The van der Waals surface area contributed by atoms with Gasteiger partial charge in [0.1, 0.15) is 6.54 Å². The van der Waals surface area contributed by atoms with Crippen molar-refractivity contribution in [2.24, 2.45) is 0 Å². The summed E-state index contributed by atoms with van der Waals surface area (Å²) in [6, 6.07) is 4.74. The molecule has 0 aliphatic carbocycles. The highest BCUT2D eigenvalue weighted by Gasteiger charge is 2.02. The highest BCUT2D eigenvalue weighted by atomic mass is 14.9. The number of nitrogens with zero attached hydrogens (tertiary/aromatic N) is 1. The predicted molar refractivity (Wildman–Crippen MR) is 185 cm³/mol. The number of pyridine rings is 1. The largest absolute Gasteiger partial charge is 0.205 e. The van der Waals surface area contributed by atoms with Gasteiger partial charge in [0.25, 0.3) is 0 Å². The second-order valence-corrected chi connectivity index (χ2v) is 13.4. The van der Waals surface area contributed by atoms with Crippen LogP contribution in [0.2, 0.25) is 0 Å². The molecule has 0 bridgehead atoms. The lowest BCUT2D eigenvalue weighted by Crippen LogP contribution is -2.32. The Morgan fingerprint density at radius 1 is 0.341 bits per heavy atom. The number of aryl methyl sites for hydroxylation is 2. The number of rotatable bonds is 33. The molecule has 1 heteroatoms. The number of hydrogen-bond acceptors (Lipinski definition) is 0. The quantitative estimate of drug-likeness (QED) is 0.0584. The van der Waals surface area contributed by atoms with Gasteiger partial charge in [-0.05, 0) is 24.8 Å². The van der Waals surface area contributed by atoms with E-state index in [0.717, 1.165) is 0 Å². The molecule has 0 unspecified atom stereocenters. The van der Waals surface area contributed by atoms with Crippen molar-refractivity contribution < 1.29 is 4.57 Å². The lowest BCUT2D eigenvalue weighted by atomic mass is 10.0. The van der Waals surface area contributed by atoms with E-state index in [2.05, 4.69) is 42.9 Å². The smallest absolute Gasteiger partial charge is 0.169 e. The van der Waals surface area contributed by atoms with Crippen LogP contribution >= 0.6 is 0 Å². The van der Waals surface area contributed by atoms with Crippen molar-refractivity contribution in [3.05, 3.63) is 30.1 Å². The van der Waals surface area contributed by atoms with Crippen LogP contribution in [0.3, 0.4) is 0 Å². The van der Waals surface area contributed by atoms with Gasteiger partial charge in [0.2, 0.25) is 0 Å². The zero-order chi connectivity index (χ0) is 29.3. The number of hydrogen-bond donors (Lipinski definition) is 0. The average molecular weight is 571 g/mol. The summed E-state index contributed by atoms with van der Waals surface area (Å²) >= 11 is 0. The van der Waals surface area contributed by atoms with Crippen LogP contribution in [0.25, 0.3) is 0 Å². The van der Waals surface area contributed by atoms with Gasteiger partial charge in [-0.25, -0.2) is 4.57 Å². The van der Waals surface area contributed by atoms with Crippen molar-refractivity contribution in [1.82, 2.24) is 0 Å². The average Bonchev–Trinajstić information content (AvgIpc) is 2.99. The molecule has 0 aromatic carbocycles. The maximum Gasteiger partial charge on any atom is 0.169 e. The summed E-state index contributed by atoms with van der Waals surface area (Å²) in [6.45, 7) is 5.80. The fourth-order valence-electron chi connectivity index (χ4n) is 6.35. The first-order valence-electron chi connectivity index (χ1n) is 19.3. The molecule has 0 aliphatic rings. The van der Waals surface area contributed by atoms with Crippen molar-refractivity contribution in [2.45, 2.75) is 226 Å². The van der Waals surface area contributed by atoms with Crippen molar-refractivity contribution >= 4 is 0 Å². The van der Waals surface area contributed by atoms with Gasteiger partial charge in [-0.3, -0.25) is 0 Å². The molecule has 1 heterocycles. The predicted octanol–water partition coefficient (Wildman–Crippen LogP) is 13.6. The van der Waals surface area contributed by atoms with E-state index in [4.69, 9.17) is 0 Å². The zero-order valence-electron chi connectivity index (χ0n) is 28.6.